The molecule has 1 aromatic carbocycles. The molecule has 0 aliphatic carbocycles. The van der Waals surface area contributed by atoms with E-state index in [1.807, 2.05) is 36.6 Å². The summed E-state index contributed by atoms with van der Waals surface area (Å²) in [6.07, 6.45) is 1.66. The Morgan fingerprint density at radius 3 is 2.75 bits per heavy atom. The lowest BCUT2D eigenvalue weighted by atomic mass is 10.2. The number of carbonyl (C=O) groups is 1. The number of alkyl carbamates (subject to hydrolysis) is 1. The predicted octanol–water partition coefficient (Wildman–Crippen LogP) is 2.66. The Morgan fingerprint density at radius 1 is 1.44 bits per heavy atom. The molecule has 0 heterocycles. The highest BCUT2D eigenvalue weighted by atomic mass is 32.2. The van der Waals surface area contributed by atoms with Crippen molar-refractivity contribution < 1.29 is 9.53 Å². The first-order valence-electron chi connectivity index (χ1n) is 5.19. The second kappa shape index (κ2) is 7.17. The van der Waals surface area contributed by atoms with Crippen molar-refractivity contribution >= 4 is 17.9 Å². The SMILES string of the molecule is CSC(C)CNC(=O)OCc1ccccc1. The van der Waals surface area contributed by atoms with Crippen LogP contribution in [0.4, 0.5) is 4.79 Å². The molecule has 1 atom stereocenters. The number of amides is 1. The first kappa shape index (κ1) is 12.9. The van der Waals surface area contributed by atoms with Crippen molar-refractivity contribution in [2.75, 3.05) is 12.8 Å². The zero-order valence-electron chi connectivity index (χ0n) is 9.60. The summed E-state index contributed by atoms with van der Waals surface area (Å²) in [4.78, 5) is 11.3. The lowest BCUT2D eigenvalue weighted by Gasteiger charge is -2.10. The molecule has 1 amide bonds. The van der Waals surface area contributed by atoms with Crippen LogP contribution in [0.3, 0.4) is 0 Å². The van der Waals surface area contributed by atoms with Gasteiger partial charge >= 0.3 is 6.09 Å². The van der Waals surface area contributed by atoms with Crippen molar-refractivity contribution in [3.05, 3.63) is 35.9 Å². The summed E-state index contributed by atoms with van der Waals surface area (Å²) in [5.74, 6) is 0. The van der Waals surface area contributed by atoms with E-state index >= 15 is 0 Å². The van der Waals surface area contributed by atoms with Crippen molar-refractivity contribution in [2.45, 2.75) is 18.8 Å². The molecular weight excluding hydrogens is 222 g/mol. The monoisotopic (exact) mass is 239 g/mol. The summed E-state index contributed by atoms with van der Waals surface area (Å²) in [6.45, 7) is 3.01. The summed E-state index contributed by atoms with van der Waals surface area (Å²) in [7, 11) is 0. The van der Waals surface area contributed by atoms with E-state index in [0.717, 1.165) is 5.56 Å². The third kappa shape index (κ3) is 5.07. The molecular formula is C12H17NO2S. The average Bonchev–Trinajstić information content (AvgIpc) is 2.34. The minimum absolute atomic E-state index is 0.320. The first-order chi connectivity index (χ1) is 7.72. The van der Waals surface area contributed by atoms with Crippen LogP contribution >= 0.6 is 11.8 Å². The molecule has 0 saturated carbocycles. The molecule has 0 bridgehead atoms. The van der Waals surface area contributed by atoms with E-state index in [9.17, 15) is 4.79 Å². The van der Waals surface area contributed by atoms with Crippen LogP contribution in [-0.4, -0.2) is 24.1 Å². The van der Waals surface area contributed by atoms with Gasteiger partial charge in [-0.1, -0.05) is 37.3 Å². The van der Waals surface area contributed by atoms with Crippen LogP contribution in [0.5, 0.6) is 0 Å². The number of rotatable bonds is 5. The number of ether oxygens (including phenoxy) is 1. The van der Waals surface area contributed by atoms with Crippen molar-refractivity contribution in [2.24, 2.45) is 0 Å². The molecule has 88 valence electrons. The zero-order valence-corrected chi connectivity index (χ0v) is 10.4. The standard InChI is InChI=1S/C12H17NO2S/c1-10(16-2)8-13-12(14)15-9-11-6-4-3-5-7-11/h3-7,10H,8-9H2,1-2H3,(H,13,14). The fourth-order valence-electron chi connectivity index (χ4n) is 1.08. The van der Waals surface area contributed by atoms with Gasteiger partial charge in [0.1, 0.15) is 6.61 Å². The molecule has 0 radical (unpaired) electrons. The first-order valence-corrected chi connectivity index (χ1v) is 6.48. The number of benzene rings is 1. The summed E-state index contributed by atoms with van der Waals surface area (Å²) >= 11 is 1.71. The van der Waals surface area contributed by atoms with Gasteiger partial charge in [0, 0.05) is 11.8 Å². The van der Waals surface area contributed by atoms with Crippen molar-refractivity contribution in [3.8, 4) is 0 Å². The number of carbonyl (C=O) groups excluding carboxylic acids is 1. The maximum absolute atomic E-state index is 11.3. The highest BCUT2D eigenvalue weighted by Gasteiger charge is 2.04. The average molecular weight is 239 g/mol. The largest absolute Gasteiger partial charge is 0.445 e. The summed E-state index contributed by atoms with van der Waals surface area (Å²) in [5.41, 5.74) is 0.996. The van der Waals surface area contributed by atoms with Gasteiger partial charge in [-0.2, -0.15) is 11.8 Å². The van der Waals surface area contributed by atoms with Crippen LogP contribution in [0.15, 0.2) is 30.3 Å². The molecule has 4 heteroatoms. The van der Waals surface area contributed by atoms with Gasteiger partial charge < -0.3 is 10.1 Å². The van der Waals surface area contributed by atoms with Gasteiger partial charge in [0.25, 0.3) is 0 Å². The van der Waals surface area contributed by atoms with Crippen LogP contribution in [0.25, 0.3) is 0 Å². The second-order valence-electron chi connectivity index (χ2n) is 3.49. The van der Waals surface area contributed by atoms with Gasteiger partial charge in [-0.05, 0) is 11.8 Å². The highest BCUT2D eigenvalue weighted by molar-refractivity contribution is 7.99. The van der Waals surface area contributed by atoms with E-state index in [1.165, 1.54) is 0 Å². The van der Waals surface area contributed by atoms with E-state index in [4.69, 9.17) is 4.74 Å². The maximum atomic E-state index is 11.3. The molecule has 0 saturated heterocycles. The molecule has 1 N–H and O–H groups in total. The van der Waals surface area contributed by atoms with Gasteiger partial charge in [-0.15, -0.1) is 0 Å². The Bertz CT molecular complexity index is 316. The second-order valence-corrected chi connectivity index (χ2v) is 4.77. The molecule has 1 aromatic rings. The Kier molecular flexibility index (Phi) is 5.78. The Balaban J connectivity index is 2.20. The van der Waals surface area contributed by atoms with Crippen LogP contribution in [0.2, 0.25) is 0 Å². The van der Waals surface area contributed by atoms with Crippen molar-refractivity contribution in [3.63, 3.8) is 0 Å². The van der Waals surface area contributed by atoms with Gasteiger partial charge in [0.2, 0.25) is 0 Å². The van der Waals surface area contributed by atoms with E-state index in [-0.39, 0.29) is 6.09 Å². The van der Waals surface area contributed by atoms with Gasteiger partial charge in [0.05, 0.1) is 0 Å². The van der Waals surface area contributed by atoms with E-state index in [1.54, 1.807) is 11.8 Å². The molecule has 1 unspecified atom stereocenters. The van der Waals surface area contributed by atoms with Gasteiger partial charge in [-0.25, -0.2) is 4.79 Å². The molecule has 0 aliphatic rings. The highest BCUT2D eigenvalue weighted by Crippen LogP contribution is 2.03. The lowest BCUT2D eigenvalue weighted by molar-refractivity contribution is 0.140. The molecule has 0 aromatic heterocycles. The van der Waals surface area contributed by atoms with Crippen LogP contribution in [0.1, 0.15) is 12.5 Å². The Hall–Kier alpha value is -1.16. The smallest absolute Gasteiger partial charge is 0.407 e. The summed E-state index contributed by atoms with van der Waals surface area (Å²) in [6, 6.07) is 9.64. The molecule has 1 rings (SSSR count). The topological polar surface area (TPSA) is 38.3 Å². The van der Waals surface area contributed by atoms with E-state index in [2.05, 4.69) is 12.2 Å². The molecule has 0 spiro atoms. The molecule has 0 aliphatic heterocycles. The quantitative estimate of drug-likeness (QED) is 0.858. The minimum Gasteiger partial charge on any atom is -0.445 e. The van der Waals surface area contributed by atoms with E-state index in [0.29, 0.717) is 18.4 Å². The number of nitrogens with one attached hydrogen (secondary N) is 1. The van der Waals surface area contributed by atoms with Crippen LogP contribution < -0.4 is 5.32 Å². The normalized spacial score (nSPS) is 11.9. The summed E-state index contributed by atoms with van der Waals surface area (Å²) < 4.78 is 5.06. The molecule has 3 nitrogen and oxygen atoms in total. The third-order valence-electron chi connectivity index (χ3n) is 2.15. The number of hydrogen-bond acceptors (Lipinski definition) is 3. The maximum Gasteiger partial charge on any atom is 0.407 e. The predicted molar refractivity (Wildman–Crippen MR) is 67.6 cm³/mol. The Labute approximate surface area is 101 Å². The molecule has 16 heavy (non-hydrogen) atoms. The number of thioether (sulfide) groups is 1. The minimum atomic E-state index is -0.357. The fraction of sp³-hybridized carbons (Fsp3) is 0.417. The third-order valence-corrected chi connectivity index (χ3v) is 3.12. The van der Waals surface area contributed by atoms with E-state index < -0.39 is 0 Å². The van der Waals surface area contributed by atoms with Crippen LogP contribution in [0, 0.1) is 0 Å². The van der Waals surface area contributed by atoms with Crippen LogP contribution in [-0.2, 0) is 11.3 Å². The van der Waals surface area contributed by atoms with Crippen molar-refractivity contribution in [1.29, 1.82) is 0 Å². The number of hydrogen-bond donors (Lipinski definition) is 1. The summed E-state index contributed by atoms with van der Waals surface area (Å²) in [5, 5.41) is 3.13. The fourth-order valence-corrected chi connectivity index (χ4v) is 1.33. The lowest BCUT2D eigenvalue weighted by Crippen LogP contribution is -2.29. The van der Waals surface area contributed by atoms with Gasteiger partial charge in [-0.3, -0.25) is 0 Å². The van der Waals surface area contributed by atoms with Gasteiger partial charge in [0.15, 0.2) is 0 Å². The molecule has 0 fully saturated rings. The van der Waals surface area contributed by atoms with Crippen molar-refractivity contribution in [1.82, 2.24) is 5.32 Å². The Morgan fingerprint density at radius 2 is 2.12 bits per heavy atom. The zero-order chi connectivity index (χ0) is 11.8.